The molecule has 4 N–H and O–H groups in total. The molecule has 0 aromatic carbocycles. The second kappa shape index (κ2) is 8.60. The van der Waals surface area contributed by atoms with E-state index in [1.54, 1.807) is 0 Å². The van der Waals surface area contributed by atoms with Crippen LogP contribution in [0.4, 0.5) is 0 Å². The highest BCUT2D eigenvalue weighted by Crippen LogP contribution is 2.28. The zero-order chi connectivity index (χ0) is 17.7. The molecule has 2 rings (SSSR count). The predicted molar refractivity (Wildman–Crippen MR) is 89.4 cm³/mol. The summed E-state index contributed by atoms with van der Waals surface area (Å²) in [6.45, 7) is 7.35. The third-order valence-electron chi connectivity index (χ3n) is 4.75. The Bertz CT molecular complexity index is 532. The minimum Gasteiger partial charge on any atom is -0.396 e. The number of aliphatic hydroxyl groups is 1. The van der Waals surface area contributed by atoms with Gasteiger partial charge in [0.2, 0.25) is 5.91 Å². The van der Waals surface area contributed by atoms with Crippen molar-refractivity contribution in [2.75, 3.05) is 19.8 Å². The van der Waals surface area contributed by atoms with Crippen LogP contribution in [0.2, 0.25) is 0 Å². The second-order valence-corrected chi connectivity index (χ2v) is 6.96. The van der Waals surface area contributed by atoms with Crippen LogP contribution in [0.5, 0.6) is 0 Å². The first kappa shape index (κ1) is 18.9. The minimum absolute atomic E-state index is 0.0518. The van der Waals surface area contributed by atoms with Gasteiger partial charge in [0.25, 0.3) is 0 Å². The number of aromatic nitrogens is 1. The molecule has 1 aromatic rings. The number of ether oxygens (including phenoxy) is 1. The molecule has 7 nitrogen and oxygen atoms in total. The van der Waals surface area contributed by atoms with Crippen molar-refractivity contribution in [3.05, 3.63) is 17.5 Å². The number of nitrogens with two attached hydrogens (primary N) is 1. The van der Waals surface area contributed by atoms with Gasteiger partial charge in [-0.2, -0.15) is 0 Å². The van der Waals surface area contributed by atoms with E-state index in [2.05, 4.69) is 24.3 Å². The summed E-state index contributed by atoms with van der Waals surface area (Å²) in [5.74, 6) is 1.10. The Hall–Kier alpha value is -1.44. The first-order chi connectivity index (χ1) is 11.4. The van der Waals surface area contributed by atoms with Gasteiger partial charge in [-0.3, -0.25) is 4.79 Å². The van der Waals surface area contributed by atoms with E-state index in [1.165, 1.54) is 0 Å². The van der Waals surface area contributed by atoms with E-state index in [1.807, 2.05) is 13.0 Å². The van der Waals surface area contributed by atoms with Crippen molar-refractivity contribution in [3.63, 3.8) is 0 Å². The van der Waals surface area contributed by atoms with Crippen molar-refractivity contribution in [3.8, 4) is 0 Å². The maximum atomic E-state index is 11.3. The molecule has 1 aliphatic heterocycles. The number of hydrogen-bond acceptors (Lipinski definition) is 6. The van der Waals surface area contributed by atoms with Gasteiger partial charge < -0.3 is 25.4 Å². The Kier molecular flexibility index (Phi) is 6.77. The van der Waals surface area contributed by atoms with Gasteiger partial charge in [0, 0.05) is 25.1 Å². The second-order valence-electron chi connectivity index (χ2n) is 6.96. The van der Waals surface area contributed by atoms with Crippen molar-refractivity contribution in [1.82, 2.24) is 10.5 Å². The number of nitrogens with zero attached hydrogens (tertiary/aromatic N) is 1. The van der Waals surface area contributed by atoms with E-state index in [9.17, 15) is 9.90 Å². The van der Waals surface area contributed by atoms with Crippen LogP contribution in [0.15, 0.2) is 10.6 Å². The Morgan fingerprint density at radius 1 is 1.58 bits per heavy atom. The molecule has 0 saturated carbocycles. The molecule has 1 fully saturated rings. The molecule has 4 atom stereocenters. The summed E-state index contributed by atoms with van der Waals surface area (Å²) < 4.78 is 11.5. The van der Waals surface area contributed by atoms with Gasteiger partial charge >= 0.3 is 0 Å². The monoisotopic (exact) mass is 339 g/mol. The van der Waals surface area contributed by atoms with Crippen LogP contribution in [-0.4, -0.2) is 48.1 Å². The molecule has 1 aliphatic rings. The SMILES string of the molecule is Cc1cc([C@@H](CO[C@H](CCO)[C@H]2CN[C@@H](C(N)=O)C2)C(C)C)on1. The standard InChI is InChI=1S/C17H29N3O4/c1-10(2)13(16-6-11(3)20-24-16)9-23-15(4-5-21)12-7-14(17(18)22)19-8-12/h6,10,12-15,19,21H,4-5,7-9H2,1-3H3,(H2,18,22)/t12-,13+,14-,15-/m1/s1. The number of primary amides is 1. The number of carbonyl (C=O) groups excluding carboxylic acids is 1. The lowest BCUT2D eigenvalue weighted by molar-refractivity contribution is -0.119. The third-order valence-corrected chi connectivity index (χ3v) is 4.75. The van der Waals surface area contributed by atoms with Crippen LogP contribution < -0.4 is 11.1 Å². The van der Waals surface area contributed by atoms with Crippen LogP contribution in [0.1, 0.15) is 44.1 Å². The van der Waals surface area contributed by atoms with Gasteiger partial charge in [0.05, 0.1) is 24.4 Å². The van der Waals surface area contributed by atoms with E-state index < -0.39 is 0 Å². The lowest BCUT2D eigenvalue weighted by Gasteiger charge is -2.26. The molecule has 2 heterocycles. The van der Waals surface area contributed by atoms with E-state index >= 15 is 0 Å². The average Bonchev–Trinajstić information content (AvgIpc) is 3.15. The van der Waals surface area contributed by atoms with Gasteiger partial charge in [-0.05, 0) is 31.6 Å². The minimum atomic E-state index is -0.336. The van der Waals surface area contributed by atoms with Crippen molar-refractivity contribution < 1.29 is 19.2 Å². The van der Waals surface area contributed by atoms with Gasteiger partial charge in [0.1, 0.15) is 5.76 Å². The quantitative estimate of drug-likeness (QED) is 0.618. The molecule has 0 bridgehead atoms. The van der Waals surface area contributed by atoms with E-state index in [0.717, 1.165) is 11.5 Å². The maximum absolute atomic E-state index is 11.3. The van der Waals surface area contributed by atoms with E-state index in [4.69, 9.17) is 15.0 Å². The smallest absolute Gasteiger partial charge is 0.234 e. The van der Waals surface area contributed by atoms with Crippen LogP contribution in [0.3, 0.4) is 0 Å². The summed E-state index contributed by atoms with van der Waals surface area (Å²) in [4.78, 5) is 11.3. The third kappa shape index (κ3) is 4.78. The van der Waals surface area contributed by atoms with Crippen LogP contribution in [0.25, 0.3) is 0 Å². The molecule has 0 spiro atoms. The number of carbonyl (C=O) groups is 1. The van der Waals surface area contributed by atoms with Gasteiger partial charge in [-0.25, -0.2) is 0 Å². The van der Waals surface area contributed by atoms with Crippen molar-refractivity contribution in [1.29, 1.82) is 0 Å². The summed E-state index contributed by atoms with van der Waals surface area (Å²) >= 11 is 0. The molecule has 1 amide bonds. The number of nitrogens with one attached hydrogen (secondary N) is 1. The Morgan fingerprint density at radius 2 is 2.33 bits per heavy atom. The van der Waals surface area contributed by atoms with Crippen LogP contribution in [-0.2, 0) is 9.53 Å². The Balaban J connectivity index is 1.98. The first-order valence-corrected chi connectivity index (χ1v) is 8.60. The summed E-state index contributed by atoms with van der Waals surface area (Å²) in [6.07, 6.45) is 1.07. The topological polar surface area (TPSA) is 111 Å². The number of aliphatic hydroxyl groups excluding tert-OH is 1. The van der Waals surface area contributed by atoms with Gasteiger partial charge in [-0.1, -0.05) is 19.0 Å². The molecule has 0 radical (unpaired) electrons. The fourth-order valence-electron chi connectivity index (χ4n) is 3.23. The summed E-state index contributed by atoms with van der Waals surface area (Å²) in [5, 5.41) is 16.4. The highest BCUT2D eigenvalue weighted by molar-refractivity contribution is 5.80. The average molecular weight is 339 g/mol. The largest absolute Gasteiger partial charge is 0.396 e. The number of hydrogen-bond donors (Lipinski definition) is 3. The molecule has 0 aliphatic carbocycles. The maximum Gasteiger partial charge on any atom is 0.234 e. The van der Waals surface area contributed by atoms with Crippen LogP contribution in [0, 0.1) is 18.8 Å². The molecule has 136 valence electrons. The fraction of sp³-hybridized carbons (Fsp3) is 0.765. The Labute approximate surface area is 142 Å². The zero-order valence-electron chi connectivity index (χ0n) is 14.7. The number of rotatable bonds is 9. The lowest BCUT2D eigenvalue weighted by atomic mass is 9.93. The van der Waals surface area contributed by atoms with Crippen molar-refractivity contribution in [2.24, 2.45) is 17.6 Å². The first-order valence-electron chi connectivity index (χ1n) is 8.60. The summed E-state index contributed by atoms with van der Waals surface area (Å²) in [7, 11) is 0. The summed E-state index contributed by atoms with van der Waals surface area (Å²) in [6, 6.07) is 1.63. The molecule has 1 aromatic heterocycles. The molecule has 0 unspecified atom stereocenters. The van der Waals surface area contributed by atoms with Crippen molar-refractivity contribution >= 4 is 5.91 Å². The highest BCUT2D eigenvalue weighted by Gasteiger charge is 2.34. The zero-order valence-corrected chi connectivity index (χ0v) is 14.7. The molecular formula is C17H29N3O4. The predicted octanol–water partition coefficient (Wildman–Crippen LogP) is 0.954. The van der Waals surface area contributed by atoms with Crippen LogP contribution >= 0.6 is 0 Å². The molecular weight excluding hydrogens is 310 g/mol. The molecule has 1 saturated heterocycles. The lowest BCUT2D eigenvalue weighted by Crippen LogP contribution is -2.36. The molecule has 7 heteroatoms. The summed E-state index contributed by atoms with van der Waals surface area (Å²) in [5.41, 5.74) is 6.22. The number of amides is 1. The molecule has 24 heavy (non-hydrogen) atoms. The van der Waals surface area contributed by atoms with Crippen molar-refractivity contribution in [2.45, 2.75) is 51.7 Å². The normalized spacial score (nSPS) is 23.5. The van der Waals surface area contributed by atoms with E-state index in [0.29, 0.717) is 31.9 Å². The Morgan fingerprint density at radius 3 is 2.83 bits per heavy atom. The van der Waals surface area contributed by atoms with Gasteiger partial charge in [0.15, 0.2) is 0 Å². The van der Waals surface area contributed by atoms with E-state index in [-0.39, 0.29) is 36.5 Å². The fourth-order valence-corrected chi connectivity index (χ4v) is 3.23. The van der Waals surface area contributed by atoms with Gasteiger partial charge in [-0.15, -0.1) is 0 Å². The highest BCUT2D eigenvalue weighted by atomic mass is 16.5. The number of aryl methyl sites for hydroxylation is 1.